The fourth-order valence-corrected chi connectivity index (χ4v) is 6.79. The molecule has 0 bridgehead atoms. The van der Waals surface area contributed by atoms with Crippen LogP contribution in [0, 0.1) is 0 Å². The van der Waals surface area contributed by atoms with Crippen molar-refractivity contribution in [3.05, 3.63) is 161 Å². The Morgan fingerprint density at radius 3 is 1.81 bits per heavy atom. The minimum atomic E-state index is -0.787. The van der Waals surface area contributed by atoms with E-state index in [1.165, 1.54) is 13.2 Å². The first kappa shape index (κ1) is 35.1. The minimum absolute atomic E-state index is 0.0859. The summed E-state index contributed by atoms with van der Waals surface area (Å²) in [5.41, 5.74) is 3.68. The van der Waals surface area contributed by atoms with Crippen LogP contribution in [0.3, 0.4) is 0 Å². The number of hydrogen-bond donors (Lipinski definition) is 1. The zero-order valence-electron chi connectivity index (χ0n) is 28.8. The molecule has 9 nitrogen and oxygen atoms in total. The van der Waals surface area contributed by atoms with Crippen molar-refractivity contribution >= 4 is 11.6 Å². The topological polar surface area (TPSA) is 110 Å². The fourth-order valence-electron chi connectivity index (χ4n) is 6.79. The van der Waals surface area contributed by atoms with E-state index in [1.807, 2.05) is 91.0 Å². The molecule has 9 heteroatoms. The molecule has 0 aromatic heterocycles. The second-order valence-corrected chi connectivity index (χ2v) is 12.8. The monoisotopic (exact) mass is 700 g/mol. The lowest BCUT2D eigenvalue weighted by molar-refractivity contribution is -0.250. The van der Waals surface area contributed by atoms with Crippen LogP contribution in [-0.4, -0.2) is 54.8 Å². The normalized spacial score (nSPS) is 20.4. The number of hydrogen-bond acceptors (Lipinski definition) is 9. The molecule has 0 aliphatic carbocycles. The highest BCUT2D eigenvalue weighted by molar-refractivity contribution is 6.15. The fraction of sp³-hybridized carbons (Fsp3) is 0.256. The van der Waals surface area contributed by atoms with Crippen molar-refractivity contribution in [3.8, 4) is 17.2 Å². The zero-order chi connectivity index (χ0) is 35.9. The number of phenolic OH excluding ortho intramolecular Hbond substituents is 1. The molecule has 0 saturated carbocycles. The highest BCUT2D eigenvalue weighted by atomic mass is 16.6. The Hall–Kier alpha value is -5.32. The molecular formula is C43H40O9. The Morgan fingerprint density at radius 2 is 1.23 bits per heavy atom. The van der Waals surface area contributed by atoms with Gasteiger partial charge in [-0.15, -0.1) is 0 Å². The Bertz CT molecular complexity index is 1950. The van der Waals surface area contributed by atoms with Gasteiger partial charge in [0.15, 0.2) is 17.7 Å². The molecule has 0 unspecified atom stereocenters. The van der Waals surface area contributed by atoms with Crippen molar-refractivity contribution in [2.75, 3.05) is 13.7 Å². The van der Waals surface area contributed by atoms with Crippen LogP contribution >= 0.6 is 0 Å². The van der Waals surface area contributed by atoms with Crippen LogP contribution in [0.15, 0.2) is 127 Å². The number of phenols is 1. The molecule has 2 heterocycles. The van der Waals surface area contributed by atoms with E-state index >= 15 is 0 Å². The van der Waals surface area contributed by atoms with Crippen molar-refractivity contribution in [1.82, 2.24) is 0 Å². The van der Waals surface area contributed by atoms with E-state index in [9.17, 15) is 14.7 Å². The molecule has 52 heavy (non-hydrogen) atoms. The summed E-state index contributed by atoms with van der Waals surface area (Å²) in [5.74, 6) is -0.950. The third-order valence-electron chi connectivity index (χ3n) is 9.31. The maximum absolute atomic E-state index is 13.7. The van der Waals surface area contributed by atoms with E-state index in [0.717, 1.165) is 16.7 Å². The number of Topliss-reactive ketones (excluding diaryl/α,β-unsaturated/α-hetero) is 2. The quantitative estimate of drug-likeness (QED) is 0.0880. The molecule has 0 radical (unpaired) electrons. The van der Waals surface area contributed by atoms with Gasteiger partial charge in [0, 0.05) is 11.6 Å². The van der Waals surface area contributed by atoms with Gasteiger partial charge in [0.1, 0.15) is 47.2 Å². The predicted molar refractivity (Wildman–Crippen MR) is 193 cm³/mol. The van der Waals surface area contributed by atoms with E-state index in [1.54, 1.807) is 30.3 Å². The van der Waals surface area contributed by atoms with Crippen molar-refractivity contribution in [1.29, 1.82) is 0 Å². The summed E-state index contributed by atoms with van der Waals surface area (Å²) >= 11 is 0. The van der Waals surface area contributed by atoms with Crippen molar-refractivity contribution in [3.63, 3.8) is 0 Å². The lowest BCUT2D eigenvalue weighted by atomic mass is 9.90. The van der Waals surface area contributed by atoms with E-state index in [-0.39, 0.29) is 48.4 Å². The van der Waals surface area contributed by atoms with Crippen molar-refractivity contribution in [2.24, 2.45) is 0 Å². The maximum Gasteiger partial charge on any atom is 0.178 e. The Balaban J connectivity index is 1.23. The van der Waals surface area contributed by atoms with Crippen LogP contribution in [-0.2, 0) is 38.8 Å². The van der Waals surface area contributed by atoms with Gasteiger partial charge in [-0.25, -0.2) is 0 Å². The molecule has 0 spiro atoms. The molecule has 1 saturated heterocycles. The van der Waals surface area contributed by atoms with Crippen LogP contribution in [0.25, 0.3) is 0 Å². The first-order chi connectivity index (χ1) is 25.5. The summed E-state index contributed by atoms with van der Waals surface area (Å²) in [5, 5.41) is 11.2. The Kier molecular flexibility index (Phi) is 11.0. The predicted octanol–water partition coefficient (Wildman–Crippen LogP) is 7.45. The minimum Gasteiger partial charge on any atom is -0.507 e. The first-order valence-electron chi connectivity index (χ1n) is 17.3. The number of methoxy groups -OCH3 is 1. The number of benzene rings is 5. The second-order valence-electron chi connectivity index (χ2n) is 12.8. The smallest absolute Gasteiger partial charge is 0.178 e. The number of carbonyl (C=O) groups is 2. The number of ether oxygens (including phenoxy) is 6. The molecular weight excluding hydrogens is 660 g/mol. The van der Waals surface area contributed by atoms with Gasteiger partial charge in [-0.1, -0.05) is 121 Å². The van der Waals surface area contributed by atoms with Gasteiger partial charge in [0.25, 0.3) is 0 Å². The van der Waals surface area contributed by atoms with Crippen LogP contribution in [0.1, 0.15) is 55.5 Å². The summed E-state index contributed by atoms with van der Waals surface area (Å²) in [6, 6.07) is 39.5. The largest absolute Gasteiger partial charge is 0.507 e. The molecule has 5 aromatic carbocycles. The lowest BCUT2D eigenvalue weighted by Crippen LogP contribution is -2.57. The Labute approximate surface area is 302 Å². The van der Waals surface area contributed by atoms with Gasteiger partial charge in [-0.3, -0.25) is 9.59 Å². The molecule has 5 aromatic rings. The summed E-state index contributed by atoms with van der Waals surface area (Å²) in [6.45, 7) is 1.08. The summed E-state index contributed by atoms with van der Waals surface area (Å²) in [4.78, 5) is 26.8. The van der Waals surface area contributed by atoms with Gasteiger partial charge in [-0.2, -0.15) is 0 Å². The van der Waals surface area contributed by atoms with Crippen LogP contribution in [0.5, 0.6) is 17.2 Å². The average molecular weight is 701 g/mol. The number of fused-ring (bicyclic) bond motifs is 3. The molecule has 2 aliphatic rings. The van der Waals surface area contributed by atoms with Gasteiger partial charge in [0.05, 0.1) is 45.5 Å². The highest BCUT2D eigenvalue weighted by Crippen LogP contribution is 2.53. The molecule has 7 rings (SSSR count). The highest BCUT2D eigenvalue weighted by Gasteiger charge is 2.55. The van der Waals surface area contributed by atoms with E-state index in [2.05, 4.69) is 0 Å². The van der Waals surface area contributed by atoms with Crippen LogP contribution < -0.4 is 9.47 Å². The van der Waals surface area contributed by atoms with Crippen molar-refractivity contribution < 1.29 is 43.1 Å². The molecule has 0 amide bonds. The summed E-state index contributed by atoms with van der Waals surface area (Å²) < 4.78 is 38.8. The van der Waals surface area contributed by atoms with Crippen molar-refractivity contribution in [2.45, 2.75) is 56.8 Å². The summed E-state index contributed by atoms with van der Waals surface area (Å²) in [7, 11) is 1.41. The average Bonchev–Trinajstić information content (AvgIpc) is 3.54. The van der Waals surface area contributed by atoms with E-state index in [4.69, 9.17) is 28.4 Å². The van der Waals surface area contributed by atoms with Gasteiger partial charge < -0.3 is 33.5 Å². The molecule has 1 fully saturated rings. The lowest BCUT2D eigenvalue weighted by Gasteiger charge is -2.43. The molecule has 266 valence electrons. The number of carbonyl (C=O) groups excluding carboxylic acids is 2. The first-order valence-corrected chi connectivity index (χ1v) is 17.3. The number of rotatable bonds is 15. The molecule has 2 aliphatic heterocycles. The van der Waals surface area contributed by atoms with Crippen LogP contribution in [0.4, 0.5) is 0 Å². The van der Waals surface area contributed by atoms with Crippen LogP contribution in [0.2, 0.25) is 0 Å². The number of aromatic hydroxyl groups is 1. The standard InChI is InChI=1S/C43H40O9/c1-47-40-37(33(45)22-32(44)31-20-12-5-13-21-31)34(46)23-35-38(40)41-43(51-35)42(50-26-30-18-10-4-11-19-30)39(49-25-29-16-8-3-9-17-29)36(52-41)27-48-24-28-14-6-2-7-15-28/h2-21,23,36,39,41-43,46H,22,24-27H2,1H3/t36-,39-,41+,42+,43-/m1/s1. The Morgan fingerprint density at radius 1 is 0.692 bits per heavy atom. The van der Waals surface area contributed by atoms with E-state index in [0.29, 0.717) is 17.7 Å². The third-order valence-corrected chi connectivity index (χ3v) is 9.31. The van der Waals surface area contributed by atoms with Gasteiger partial charge >= 0.3 is 0 Å². The maximum atomic E-state index is 13.7. The number of ketones is 2. The molecule has 5 atom stereocenters. The third kappa shape index (κ3) is 7.78. The second kappa shape index (κ2) is 16.4. The zero-order valence-corrected chi connectivity index (χ0v) is 28.8. The molecule has 1 N–H and O–H groups in total. The van der Waals surface area contributed by atoms with E-state index < -0.39 is 42.7 Å². The summed E-state index contributed by atoms with van der Waals surface area (Å²) in [6.07, 6.45) is -3.94. The SMILES string of the molecule is COc1c(C(=O)CC(=O)c2ccccc2)c(O)cc2c1[C@@H]1O[C@H](COCc3ccccc3)[C@@H](OCc3ccccc3)[C@H](OCc3ccccc3)[C@@H]1O2. The van der Waals surface area contributed by atoms with Gasteiger partial charge in [-0.05, 0) is 16.7 Å². The van der Waals surface area contributed by atoms with Gasteiger partial charge in [0.2, 0.25) is 0 Å².